The molecule has 3 nitrogen and oxygen atoms in total. The van der Waals surface area contributed by atoms with E-state index in [0.717, 1.165) is 29.3 Å². The van der Waals surface area contributed by atoms with Gasteiger partial charge in [-0.1, -0.05) is 54.4 Å². The molecule has 1 aliphatic rings. The first-order chi connectivity index (χ1) is 9.54. The monoisotopic (exact) mass is 337 g/mol. The van der Waals surface area contributed by atoms with Crippen LogP contribution in [-0.2, 0) is 9.59 Å². The van der Waals surface area contributed by atoms with Crippen molar-refractivity contribution in [2.75, 3.05) is 0 Å². The molecule has 20 heavy (non-hydrogen) atoms. The van der Waals surface area contributed by atoms with Gasteiger partial charge in [0.1, 0.15) is 0 Å². The number of nitrogens with one attached hydrogen (secondary N) is 1. The van der Waals surface area contributed by atoms with Gasteiger partial charge in [-0.2, -0.15) is 0 Å². The lowest BCUT2D eigenvalue weighted by Crippen LogP contribution is -2.50. The Balaban J connectivity index is 2.52. The molecular weight excluding hydrogens is 318 g/mol. The van der Waals surface area contributed by atoms with Crippen LogP contribution < -0.4 is 5.32 Å². The van der Waals surface area contributed by atoms with Crippen LogP contribution in [0.1, 0.15) is 51.0 Å². The largest absolute Gasteiger partial charge is 0.296 e. The van der Waals surface area contributed by atoms with Crippen LogP contribution in [0.5, 0.6) is 0 Å². The third kappa shape index (κ3) is 2.66. The summed E-state index contributed by atoms with van der Waals surface area (Å²) in [7, 11) is 0. The van der Waals surface area contributed by atoms with Crippen molar-refractivity contribution >= 4 is 27.7 Å². The predicted octanol–water partition coefficient (Wildman–Crippen LogP) is 3.78. The molecule has 1 saturated heterocycles. The van der Waals surface area contributed by atoms with Gasteiger partial charge in [-0.05, 0) is 29.9 Å². The fraction of sp³-hybridized carbons (Fsp3) is 0.500. The van der Waals surface area contributed by atoms with E-state index in [4.69, 9.17) is 0 Å². The van der Waals surface area contributed by atoms with E-state index in [1.54, 1.807) is 0 Å². The summed E-state index contributed by atoms with van der Waals surface area (Å²) >= 11 is 3.54. The van der Waals surface area contributed by atoms with Crippen molar-refractivity contribution in [3.63, 3.8) is 0 Å². The van der Waals surface area contributed by atoms with Crippen LogP contribution in [0.15, 0.2) is 28.7 Å². The smallest absolute Gasteiger partial charge is 0.234 e. The van der Waals surface area contributed by atoms with Crippen molar-refractivity contribution in [3.05, 3.63) is 34.3 Å². The Morgan fingerprint density at radius 2 is 2.00 bits per heavy atom. The molecule has 0 saturated carbocycles. The van der Waals surface area contributed by atoms with E-state index in [9.17, 15) is 9.59 Å². The molecule has 0 aromatic heterocycles. The SMILES string of the molecule is CCCC1(CC)CC(=O)NC(=O)C1c1ccccc1Br. The zero-order valence-corrected chi connectivity index (χ0v) is 13.5. The Bertz CT molecular complexity index is 529. The van der Waals surface area contributed by atoms with Crippen LogP contribution in [0.3, 0.4) is 0 Å². The van der Waals surface area contributed by atoms with Crippen LogP contribution in [-0.4, -0.2) is 11.8 Å². The van der Waals surface area contributed by atoms with Gasteiger partial charge in [-0.3, -0.25) is 14.9 Å². The number of piperidine rings is 1. The summed E-state index contributed by atoms with van der Waals surface area (Å²) in [6.45, 7) is 4.18. The van der Waals surface area contributed by atoms with Gasteiger partial charge in [0.15, 0.2) is 0 Å². The molecule has 0 radical (unpaired) electrons. The Hall–Kier alpha value is -1.16. The molecule has 0 spiro atoms. The molecule has 2 rings (SSSR count). The molecule has 2 atom stereocenters. The first kappa shape index (κ1) is 15.2. The lowest BCUT2D eigenvalue weighted by Gasteiger charge is -2.42. The quantitative estimate of drug-likeness (QED) is 0.850. The number of hydrogen-bond donors (Lipinski definition) is 1. The summed E-state index contributed by atoms with van der Waals surface area (Å²) in [5, 5.41) is 2.50. The first-order valence-electron chi connectivity index (χ1n) is 7.12. The zero-order chi connectivity index (χ0) is 14.8. The molecule has 1 fully saturated rings. The number of carbonyl (C=O) groups is 2. The summed E-state index contributed by atoms with van der Waals surface area (Å²) in [4.78, 5) is 24.3. The van der Waals surface area contributed by atoms with Crippen molar-refractivity contribution in [3.8, 4) is 0 Å². The molecule has 1 aromatic rings. The third-order valence-electron chi connectivity index (χ3n) is 4.32. The van der Waals surface area contributed by atoms with Crippen molar-refractivity contribution in [2.45, 2.75) is 45.4 Å². The number of imide groups is 1. The first-order valence-corrected chi connectivity index (χ1v) is 7.91. The molecular formula is C16H20BrNO2. The average Bonchev–Trinajstić information content (AvgIpc) is 2.40. The maximum atomic E-state index is 12.5. The maximum absolute atomic E-state index is 12.5. The van der Waals surface area contributed by atoms with Crippen molar-refractivity contribution in [1.29, 1.82) is 0 Å². The van der Waals surface area contributed by atoms with Gasteiger partial charge in [0.05, 0.1) is 5.92 Å². The highest BCUT2D eigenvalue weighted by Gasteiger charge is 2.47. The van der Waals surface area contributed by atoms with Gasteiger partial charge in [-0.15, -0.1) is 0 Å². The van der Waals surface area contributed by atoms with E-state index < -0.39 is 0 Å². The number of halogens is 1. The zero-order valence-electron chi connectivity index (χ0n) is 11.9. The molecule has 4 heteroatoms. The molecule has 108 valence electrons. The normalized spacial score (nSPS) is 26.4. The highest BCUT2D eigenvalue weighted by Crippen LogP contribution is 2.49. The summed E-state index contributed by atoms with van der Waals surface area (Å²) in [5.41, 5.74) is 0.714. The van der Waals surface area contributed by atoms with Gasteiger partial charge in [0.25, 0.3) is 0 Å². The molecule has 2 unspecified atom stereocenters. The van der Waals surface area contributed by atoms with Gasteiger partial charge in [-0.25, -0.2) is 0 Å². The summed E-state index contributed by atoms with van der Waals surface area (Å²) < 4.78 is 0.934. The van der Waals surface area contributed by atoms with E-state index in [1.165, 1.54) is 0 Å². The average molecular weight is 338 g/mol. The third-order valence-corrected chi connectivity index (χ3v) is 5.04. The minimum Gasteiger partial charge on any atom is -0.296 e. The topological polar surface area (TPSA) is 46.2 Å². The van der Waals surface area contributed by atoms with Crippen molar-refractivity contribution < 1.29 is 9.59 Å². The molecule has 0 aliphatic carbocycles. The number of hydrogen-bond acceptors (Lipinski definition) is 2. The Morgan fingerprint density at radius 3 is 2.60 bits per heavy atom. The second-order valence-corrected chi connectivity index (χ2v) is 6.36. The molecule has 0 bridgehead atoms. The Kier molecular flexibility index (Phi) is 4.63. The molecule has 1 N–H and O–H groups in total. The lowest BCUT2D eigenvalue weighted by molar-refractivity contribution is -0.140. The summed E-state index contributed by atoms with van der Waals surface area (Å²) in [6, 6.07) is 7.80. The van der Waals surface area contributed by atoms with Crippen LogP contribution in [0.2, 0.25) is 0 Å². The predicted molar refractivity (Wildman–Crippen MR) is 82.3 cm³/mol. The van der Waals surface area contributed by atoms with E-state index >= 15 is 0 Å². The number of carbonyl (C=O) groups excluding carboxylic acids is 2. The Labute approximate surface area is 128 Å². The van der Waals surface area contributed by atoms with Crippen LogP contribution >= 0.6 is 15.9 Å². The summed E-state index contributed by atoms with van der Waals surface area (Å²) in [5.74, 6) is -0.572. The molecule has 1 heterocycles. The molecule has 1 aromatic carbocycles. The highest BCUT2D eigenvalue weighted by atomic mass is 79.9. The second-order valence-electron chi connectivity index (χ2n) is 5.51. The van der Waals surface area contributed by atoms with Gasteiger partial charge < -0.3 is 0 Å². The van der Waals surface area contributed by atoms with Gasteiger partial charge >= 0.3 is 0 Å². The van der Waals surface area contributed by atoms with Gasteiger partial charge in [0.2, 0.25) is 11.8 Å². The van der Waals surface area contributed by atoms with Crippen LogP contribution in [0.25, 0.3) is 0 Å². The number of amides is 2. The Morgan fingerprint density at radius 1 is 1.30 bits per heavy atom. The maximum Gasteiger partial charge on any atom is 0.234 e. The van der Waals surface area contributed by atoms with E-state index in [1.807, 2.05) is 24.3 Å². The highest BCUT2D eigenvalue weighted by molar-refractivity contribution is 9.10. The van der Waals surface area contributed by atoms with Crippen LogP contribution in [0, 0.1) is 5.41 Å². The standard InChI is InChI=1S/C16H20BrNO2/c1-3-9-16(4-2)10-13(19)18-15(20)14(16)11-7-5-6-8-12(11)17/h5-8,14H,3-4,9-10H2,1-2H3,(H,18,19,20). The van der Waals surface area contributed by atoms with Crippen LogP contribution in [0.4, 0.5) is 0 Å². The summed E-state index contributed by atoms with van der Waals surface area (Å²) in [6.07, 6.45) is 3.10. The molecule has 2 amide bonds. The fourth-order valence-electron chi connectivity index (χ4n) is 3.37. The number of benzene rings is 1. The minimum absolute atomic E-state index is 0.145. The van der Waals surface area contributed by atoms with Gasteiger partial charge in [0, 0.05) is 10.9 Å². The van der Waals surface area contributed by atoms with Crippen molar-refractivity contribution in [1.82, 2.24) is 5.32 Å². The van der Waals surface area contributed by atoms with Crippen molar-refractivity contribution in [2.24, 2.45) is 5.41 Å². The molecule has 1 aliphatic heterocycles. The van der Waals surface area contributed by atoms with E-state index in [2.05, 4.69) is 35.1 Å². The minimum atomic E-state index is -0.266. The fourth-order valence-corrected chi connectivity index (χ4v) is 3.88. The van der Waals surface area contributed by atoms with E-state index in [0.29, 0.717) is 6.42 Å². The second kappa shape index (κ2) is 6.08. The lowest BCUT2D eigenvalue weighted by atomic mass is 9.63. The number of rotatable bonds is 4. The van der Waals surface area contributed by atoms with E-state index in [-0.39, 0.29) is 23.1 Å².